The number of piperidine rings is 1. The first kappa shape index (κ1) is 14.3. The Morgan fingerprint density at radius 2 is 2.14 bits per heavy atom. The summed E-state index contributed by atoms with van der Waals surface area (Å²) in [6.07, 6.45) is 7.82. The molecule has 0 aromatic carbocycles. The lowest BCUT2D eigenvalue weighted by molar-refractivity contribution is 0.111. The molecule has 0 radical (unpaired) electrons. The van der Waals surface area contributed by atoms with Gasteiger partial charge in [0.1, 0.15) is 5.76 Å². The van der Waals surface area contributed by atoms with Gasteiger partial charge in [-0.1, -0.05) is 6.42 Å². The molecule has 0 saturated carbocycles. The molecule has 1 aliphatic heterocycles. The van der Waals surface area contributed by atoms with Gasteiger partial charge in [0.25, 0.3) is 0 Å². The molecule has 0 aliphatic carbocycles. The van der Waals surface area contributed by atoms with Crippen molar-refractivity contribution in [2.75, 3.05) is 6.54 Å². The van der Waals surface area contributed by atoms with E-state index in [4.69, 9.17) is 4.42 Å². The van der Waals surface area contributed by atoms with Crippen molar-refractivity contribution in [1.29, 1.82) is 0 Å². The molecule has 21 heavy (non-hydrogen) atoms. The van der Waals surface area contributed by atoms with Crippen molar-refractivity contribution in [2.45, 2.75) is 59.2 Å². The molecular formula is C16H24N4O. The minimum absolute atomic E-state index is 0.519. The number of rotatable bonds is 4. The lowest BCUT2D eigenvalue weighted by Gasteiger charge is -2.34. The van der Waals surface area contributed by atoms with E-state index in [1.54, 1.807) is 0 Å². The van der Waals surface area contributed by atoms with E-state index in [2.05, 4.69) is 32.8 Å². The van der Waals surface area contributed by atoms with Crippen molar-refractivity contribution in [3.8, 4) is 0 Å². The van der Waals surface area contributed by atoms with Gasteiger partial charge in [0, 0.05) is 12.2 Å². The molecule has 1 saturated heterocycles. The van der Waals surface area contributed by atoms with Crippen molar-refractivity contribution in [3.05, 3.63) is 35.3 Å². The van der Waals surface area contributed by atoms with Crippen LogP contribution in [0.4, 0.5) is 0 Å². The second-order valence-corrected chi connectivity index (χ2v) is 6.11. The first-order valence-corrected chi connectivity index (χ1v) is 7.78. The summed E-state index contributed by atoms with van der Waals surface area (Å²) in [6, 6.07) is 0.519. The topological polar surface area (TPSA) is 47.1 Å². The first-order valence-electron chi connectivity index (χ1n) is 7.78. The van der Waals surface area contributed by atoms with Crippen LogP contribution in [0.3, 0.4) is 0 Å². The van der Waals surface area contributed by atoms with Gasteiger partial charge < -0.3 is 4.42 Å². The van der Waals surface area contributed by atoms with Gasteiger partial charge in [0.15, 0.2) is 0 Å². The van der Waals surface area contributed by atoms with Crippen LogP contribution in [-0.4, -0.2) is 32.3 Å². The lowest BCUT2D eigenvalue weighted by Crippen LogP contribution is -2.41. The van der Waals surface area contributed by atoms with Crippen LogP contribution in [0.5, 0.6) is 0 Å². The van der Waals surface area contributed by atoms with Gasteiger partial charge in [-0.05, 0) is 45.7 Å². The number of aryl methyl sites for hydroxylation is 3. The summed E-state index contributed by atoms with van der Waals surface area (Å²) in [6.45, 7) is 8.94. The monoisotopic (exact) mass is 288 g/mol. The number of nitrogens with zero attached hydrogens (tertiary/aromatic N) is 4. The van der Waals surface area contributed by atoms with Crippen molar-refractivity contribution in [2.24, 2.45) is 0 Å². The van der Waals surface area contributed by atoms with E-state index >= 15 is 0 Å². The summed E-state index contributed by atoms with van der Waals surface area (Å²) < 4.78 is 7.80. The lowest BCUT2D eigenvalue weighted by atomic mass is 10.0. The predicted molar refractivity (Wildman–Crippen MR) is 81.0 cm³/mol. The third-order valence-electron chi connectivity index (χ3n) is 4.32. The highest BCUT2D eigenvalue weighted by Crippen LogP contribution is 2.21. The summed E-state index contributed by atoms with van der Waals surface area (Å²) in [7, 11) is 0. The molecule has 1 atom stereocenters. The number of aromatic nitrogens is 3. The summed E-state index contributed by atoms with van der Waals surface area (Å²) in [5.74, 6) is 1.77. The Hall–Kier alpha value is -1.62. The summed E-state index contributed by atoms with van der Waals surface area (Å²) >= 11 is 0. The van der Waals surface area contributed by atoms with Crippen LogP contribution in [0, 0.1) is 20.8 Å². The Balaban J connectivity index is 1.69. The molecule has 2 aromatic rings. The molecule has 0 unspecified atom stereocenters. The molecule has 3 rings (SSSR count). The fourth-order valence-corrected chi connectivity index (χ4v) is 3.04. The molecular weight excluding hydrogens is 264 g/mol. The van der Waals surface area contributed by atoms with E-state index in [9.17, 15) is 0 Å². The zero-order chi connectivity index (χ0) is 14.8. The van der Waals surface area contributed by atoms with Crippen molar-refractivity contribution in [1.82, 2.24) is 19.7 Å². The van der Waals surface area contributed by atoms with Crippen LogP contribution in [0.15, 0.2) is 16.8 Å². The fourth-order valence-electron chi connectivity index (χ4n) is 3.04. The molecule has 0 bridgehead atoms. The van der Waals surface area contributed by atoms with E-state index in [0.29, 0.717) is 6.04 Å². The molecule has 1 aliphatic rings. The Bertz CT molecular complexity index is 582. The number of hydrogen-bond acceptors (Lipinski definition) is 4. The predicted octanol–water partition coefficient (Wildman–Crippen LogP) is 2.85. The van der Waals surface area contributed by atoms with E-state index in [1.165, 1.54) is 24.8 Å². The second-order valence-electron chi connectivity index (χ2n) is 6.11. The Morgan fingerprint density at radius 3 is 2.81 bits per heavy atom. The molecule has 5 heteroatoms. The van der Waals surface area contributed by atoms with Crippen molar-refractivity contribution >= 4 is 0 Å². The summed E-state index contributed by atoms with van der Waals surface area (Å²) in [5, 5.41) is 4.42. The average molecular weight is 288 g/mol. The third-order valence-corrected chi connectivity index (χ3v) is 4.32. The maximum absolute atomic E-state index is 5.74. The molecule has 1 fully saturated rings. The Morgan fingerprint density at radius 1 is 1.29 bits per heavy atom. The summed E-state index contributed by atoms with van der Waals surface area (Å²) in [5.41, 5.74) is 2.22. The van der Waals surface area contributed by atoms with Crippen LogP contribution in [0.2, 0.25) is 0 Å². The second kappa shape index (κ2) is 6.02. The van der Waals surface area contributed by atoms with E-state index < -0.39 is 0 Å². The minimum Gasteiger partial charge on any atom is -0.444 e. The standard InChI is InChI=1S/C16H24N4O/c1-12-8-17-20(9-12)10-15-6-4-5-7-19(15)11-16-18-13(2)14(3)21-16/h8-9,15H,4-7,10-11H2,1-3H3/t15-/m1/s1. The number of hydrogen-bond donors (Lipinski definition) is 0. The van der Waals surface area contributed by atoms with Crippen LogP contribution in [0.1, 0.15) is 42.2 Å². The highest BCUT2D eigenvalue weighted by Gasteiger charge is 2.24. The van der Waals surface area contributed by atoms with Gasteiger partial charge in [0.05, 0.1) is 25.0 Å². The molecule has 3 heterocycles. The van der Waals surface area contributed by atoms with E-state index in [0.717, 1.165) is 37.0 Å². The minimum atomic E-state index is 0.519. The molecule has 114 valence electrons. The quantitative estimate of drug-likeness (QED) is 0.868. The van der Waals surface area contributed by atoms with Gasteiger partial charge in [0.2, 0.25) is 5.89 Å². The molecule has 0 spiro atoms. The average Bonchev–Trinajstić information content (AvgIpc) is 2.99. The maximum Gasteiger partial charge on any atom is 0.208 e. The SMILES string of the molecule is Cc1cnn(C[C@H]2CCCCN2Cc2nc(C)c(C)o2)c1. The van der Waals surface area contributed by atoms with Crippen molar-refractivity contribution < 1.29 is 4.42 Å². The van der Waals surface area contributed by atoms with Gasteiger partial charge in [-0.2, -0.15) is 5.10 Å². The molecule has 5 nitrogen and oxygen atoms in total. The summed E-state index contributed by atoms with van der Waals surface area (Å²) in [4.78, 5) is 7.01. The number of likely N-dealkylation sites (tertiary alicyclic amines) is 1. The van der Waals surface area contributed by atoms with Crippen LogP contribution >= 0.6 is 0 Å². The van der Waals surface area contributed by atoms with Crippen molar-refractivity contribution in [3.63, 3.8) is 0 Å². The van der Waals surface area contributed by atoms with Gasteiger partial charge in [-0.15, -0.1) is 0 Å². The Kier molecular flexibility index (Phi) is 4.10. The highest BCUT2D eigenvalue weighted by atomic mass is 16.4. The smallest absolute Gasteiger partial charge is 0.208 e. The van der Waals surface area contributed by atoms with Gasteiger partial charge in [-0.25, -0.2) is 4.98 Å². The normalized spacial score (nSPS) is 20.0. The zero-order valence-electron chi connectivity index (χ0n) is 13.2. The largest absolute Gasteiger partial charge is 0.444 e. The van der Waals surface area contributed by atoms with Crippen LogP contribution in [0.25, 0.3) is 0 Å². The molecule has 0 amide bonds. The van der Waals surface area contributed by atoms with E-state index in [1.807, 2.05) is 20.0 Å². The zero-order valence-corrected chi connectivity index (χ0v) is 13.2. The maximum atomic E-state index is 5.74. The molecule has 0 N–H and O–H groups in total. The Labute approximate surface area is 126 Å². The van der Waals surface area contributed by atoms with Gasteiger partial charge >= 0.3 is 0 Å². The fraction of sp³-hybridized carbons (Fsp3) is 0.625. The van der Waals surface area contributed by atoms with Crippen LogP contribution < -0.4 is 0 Å². The van der Waals surface area contributed by atoms with E-state index in [-0.39, 0.29) is 0 Å². The van der Waals surface area contributed by atoms with Crippen LogP contribution in [-0.2, 0) is 13.1 Å². The highest BCUT2D eigenvalue weighted by molar-refractivity contribution is 5.05. The third kappa shape index (κ3) is 3.35. The van der Waals surface area contributed by atoms with Gasteiger partial charge in [-0.3, -0.25) is 9.58 Å². The number of oxazole rings is 1. The first-order chi connectivity index (χ1) is 10.1. The molecule has 2 aromatic heterocycles.